The maximum Gasteiger partial charge on any atom is 0.303 e. The summed E-state index contributed by atoms with van der Waals surface area (Å²) in [6.07, 6.45) is 0.322. The molecule has 2 N–H and O–H groups in total. The van der Waals surface area contributed by atoms with Crippen molar-refractivity contribution >= 4 is 11.9 Å². The van der Waals surface area contributed by atoms with Gasteiger partial charge < -0.3 is 10.4 Å². The topological polar surface area (TPSA) is 97.1 Å². The third kappa shape index (κ3) is 4.15. The molecule has 0 aliphatic carbocycles. The molecule has 0 aliphatic heterocycles. The predicted octanol–water partition coefficient (Wildman–Crippen LogP) is 1.95. The van der Waals surface area contributed by atoms with Crippen molar-refractivity contribution in [3.05, 3.63) is 41.7 Å². The zero-order valence-electron chi connectivity index (χ0n) is 13.4. The number of aromatic nitrogens is 3. The van der Waals surface area contributed by atoms with Gasteiger partial charge in [-0.2, -0.15) is 0 Å². The third-order valence-electron chi connectivity index (χ3n) is 3.53. The maximum atomic E-state index is 12.4. The van der Waals surface area contributed by atoms with Gasteiger partial charge in [0.2, 0.25) is 0 Å². The quantitative estimate of drug-likeness (QED) is 0.849. The summed E-state index contributed by atoms with van der Waals surface area (Å²) in [6.45, 7) is 5.34. The molecule has 0 saturated heterocycles. The zero-order chi connectivity index (χ0) is 17.0. The van der Waals surface area contributed by atoms with Gasteiger partial charge in [0.25, 0.3) is 5.91 Å². The van der Waals surface area contributed by atoms with Crippen LogP contribution >= 0.6 is 0 Å². The zero-order valence-corrected chi connectivity index (χ0v) is 13.4. The first-order chi connectivity index (χ1) is 10.8. The second-order valence-electron chi connectivity index (χ2n) is 6.00. The molecule has 1 amide bonds. The SMILES string of the molecule is Cc1c(C(=O)NC(C)(C)CCC(=O)O)nnn1-c1ccccc1. The number of benzene rings is 1. The van der Waals surface area contributed by atoms with E-state index in [0.29, 0.717) is 12.1 Å². The molecule has 0 radical (unpaired) electrons. The number of amides is 1. The molecule has 7 heteroatoms. The van der Waals surface area contributed by atoms with Crippen molar-refractivity contribution in [2.24, 2.45) is 0 Å². The van der Waals surface area contributed by atoms with E-state index in [0.717, 1.165) is 5.69 Å². The van der Waals surface area contributed by atoms with Gasteiger partial charge >= 0.3 is 5.97 Å². The molecule has 0 aliphatic rings. The largest absolute Gasteiger partial charge is 0.481 e. The Morgan fingerprint density at radius 2 is 1.91 bits per heavy atom. The summed E-state index contributed by atoms with van der Waals surface area (Å²) in [5.74, 6) is -1.25. The van der Waals surface area contributed by atoms with Crippen LogP contribution in [0.4, 0.5) is 0 Å². The number of rotatable bonds is 6. The van der Waals surface area contributed by atoms with Gasteiger partial charge in [0.05, 0.1) is 11.4 Å². The number of hydrogen-bond acceptors (Lipinski definition) is 4. The van der Waals surface area contributed by atoms with Gasteiger partial charge in [0.1, 0.15) is 0 Å². The fourth-order valence-corrected chi connectivity index (χ4v) is 2.20. The van der Waals surface area contributed by atoms with Crippen molar-refractivity contribution in [2.45, 2.75) is 39.2 Å². The highest BCUT2D eigenvalue weighted by molar-refractivity contribution is 5.93. The number of aliphatic carboxylic acids is 1. The lowest BCUT2D eigenvalue weighted by atomic mass is 9.98. The molecule has 1 aromatic carbocycles. The van der Waals surface area contributed by atoms with E-state index in [1.165, 1.54) is 0 Å². The Kier molecular flexibility index (Phi) is 4.78. The van der Waals surface area contributed by atoms with E-state index in [1.54, 1.807) is 25.5 Å². The van der Waals surface area contributed by atoms with Crippen LogP contribution in [-0.4, -0.2) is 37.5 Å². The molecule has 2 aromatic rings. The van der Waals surface area contributed by atoms with Crippen molar-refractivity contribution in [1.29, 1.82) is 0 Å². The lowest BCUT2D eigenvalue weighted by Crippen LogP contribution is -2.44. The van der Waals surface area contributed by atoms with Crippen LogP contribution in [0.3, 0.4) is 0 Å². The summed E-state index contributed by atoms with van der Waals surface area (Å²) in [5, 5.41) is 19.6. The minimum Gasteiger partial charge on any atom is -0.481 e. The van der Waals surface area contributed by atoms with Crippen LogP contribution in [0.25, 0.3) is 5.69 Å². The number of carboxylic acid groups (broad SMARTS) is 1. The minimum atomic E-state index is -0.890. The molecule has 2 rings (SSSR count). The van der Waals surface area contributed by atoms with Crippen LogP contribution in [0, 0.1) is 6.92 Å². The minimum absolute atomic E-state index is 0.0109. The first kappa shape index (κ1) is 16.7. The predicted molar refractivity (Wildman–Crippen MR) is 84.5 cm³/mol. The first-order valence-corrected chi connectivity index (χ1v) is 7.32. The normalized spacial score (nSPS) is 11.3. The lowest BCUT2D eigenvalue weighted by Gasteiger charge is -2.25. The van der Waals surface area contributed by atoms with E-state index in [2.05, 4.69) is 15.6 Å². The fraction of sp³-hybridized carbons (Fsp3) is 0.375. The highest BCUT2D eigenvalue weighted by Crippen LogP contribution is 2.15. The molecule has 0 saturated carbocycles. The second-order valence-corrected chi connectivity index (χ2v) is 6.00. The number of nitrogens with one attached hydrogen (secondary N) is 1. The van der Waals surface area contributed by atoms with E-state index < -0.39 is 11.5 Å². The van der Waals surface area contributed by atoms with Crippen molar-refractivity contribution in [3.8, 4) is 5.69 Å². The summed E-state index contributed by atoms with van der Waals surface area (Å²) in [7, 11) is 0. The summed E-state index contributed by atoms with van der Waals surface area (Å²) in [4.78, 5) is 23.1. The fourth-order valence-electron chi connectivity index (χ4n) is 2.20. The smallest absolute Gasteiger partial charge is 0.303 e. The van der Waals surface area contributed by atoms with E-state index in [9.17, 15) is 9.59 Å². The summed E-state index contributed by atoms with van der Waals surface area (Å²) in [5.41, 5.74) is 1.04. The second kappa shape index (κ2) is 6.60. The maximum absolute atomic E-state index is 12.4. The van der Waals surface area contributed by atoms with E-state index in [-0.39, 0.29) is 18.0 Å². The molecule has 0 fully saturated rings. The number of carbonyl (C=O) groups excluding carboxylic acids is 1. The number of hydrogen-bond donors (Lipinski definition) is 2. The van der Waals surface area contributed by atoms with Gasteiger partial charge in [-0.1, -0.05) is 23.4 Å². The Labute approximate surface area is 134 Å². The van der Waals surface area contributed by atoms with Crippen LogP contribution < -0.4 is 5.32 Å². The molecule has 23 heavy (non-hydrogen) atoms. The molecular weight excluding hydrogens is 296 g/mol. The molecule has 1 aromatic heterocycles. The van der Waals surface area contributed by atoms with Gasteiger partial charge in [-0.05, 0) is 39.3 Å². The summed E-state index contributed by atoms with van der Waals surface area (Å²) >= 11 is 0. The molecule has 0 bridgehead atoms. The van der Waals surface area contributed by atoms with Gasteiger partial charge in [0, 0.05) is 12.0 Å². The summed E-state index contributed by atoms with van der Waals surface area (Å²) < 4.78 is 1.60. The molecular formula is C16H20N4O3. The monoisotopic (exact) mass is 316 g/mol. The molecule has 122 valence electrons. The van der Waals surface area contributed by atoms with Gasteiger partial charge in [-0.25, -0.2) is 4.68 Å². The molecule has 0 unspecified atom stereocenters. The number of carbonyl (C=O) groups is 2. The average Bonchev–Trinajstić information content (AvgIpc) is 2.87. The van der Waals surface area contributed by atoms with Crippen LogP contribution in [0.2, 0.25) is 0 Å². The Balaban J connectivity index is 2.15. The Hall–Kier alpha value is -2.70. The Bertz CT molecular complexity index is 707. The lowest BCUT2D eigenvalue weighted by molar-refractivity contribution is -0.137. The summed E-state index contributed by atoms with van der Waals surface area (Å²) in [6, 6.07) is 9.41. The van der Waals surface area contributed by atoms with Crippen molar-refractivity contribution in [2.75, 3.05) is 0 Å². The van der Waals surface area contributed by atoms with Crippen LogP contribution in [0.15, 0.2) is 30.3 Å². The number of nitrogens with zero attached hydrogens (tertiary/aromatic N) is 3. The van der Waals surface area contributed by atoms with Crippen LogP contribution in [-0.2, 0) is 4.79 Å². The van der Waals surface area contributed by atoms with Gasteiger partial charge in [-0.15, -0.1) is 5.10 Å². The standard InChI is InChI=1S/C16H20N4O3/c1-11-14(15(23)17-16(2,3)10-9-13(21)22)18-19-20(11)12-7-5-4-6-8-12/h4-8H,9-10H2,1-3H3,(H,17,23)(H,21,22). The number of carboxylic acids is 1. The highest BCUT2D eigenvalue weighted by atomic mass is 16.4. The average molecular weight is 316 g/mol. The molecule has 1 heterocycles. The van der Waals surface area contributed by atoms with Crippen LogP contribution in [0.5, 0.6) is 0 Å². The van der Waals surface area contributed by atoms with E-state index >= 15 is 0 Å². The van der Waals surface area contributed by atoms with Gasteiger partial charge in [0.15, 0.2) is 5.69 Å². The van der Waals surface area contributed by atoms with E-state index in [4.69, 9.17) is 5.11 Å². The Morgan fingerprint density at radius 3 is 2.52 bits per heavy atom. The molecule has 0 spiro atoms. The van der Waals surface area contributed by atoms with Gasteiger partial charge in [-0.3, -0.25) is 9.59 Å². The van der Waals surface area contributed by atoms with Crippen molar-refractivity contribution in [3.63, 3.8) is 0 Å². The highest BCUT2D eigenvalue weighted by Gasteiger charge is 2.25. The molecule has 7 nitrogen and oxygen atoms in total. The van der Waals surface area contributed by atoms with Crippen molar-refractivity contribution < 1.29 is 14.7 Å². The van der Waals surface area contributed by atoms with E-state index in [1.807, 2.05) is 30.3 Å². The Morgan fingerprint density at radius 1 is 1.26 bits per heavy atom. The first-order valence-electron chi connectivity index (χ1n) is 7.32. The molecule has 0 atom stereocenters. The third-order valence-corrected chi connectivity index (χ3v) is 3.53. The number of para-hydroxylation sites is 1. The van der Waals surface area contributed by atoms with Crippen molar-refractivity contribution in [1.82, 2.24) is 20.3 Å². The van der Waals surface area contributed by atoms with Crippen LogP contribution in [0.1, 0.15) is 42.9 Å².